The first-order valence-corrected chi connectivity index (χ1v) is 7.93. The highest BCUT2D eigenvalue weighted by atomic mass is 16.1. The summed E-state index contributed by atoms with van der Waals surface area (Å²) in [7, 11) is 0. The summed E-state index contributed by atoms with van der Waals surface area (Å²) in [6.07, 6.45) is 3.24. The van der Waals surface area contributed by atoms with Crippen molar-refractivity contribution in [3.8, 4) is 5.82 Å². The van der Waals surface area contributed by atoms with E-state index in [0.717, 1.165) is 11.4 Å². The predicted molar refractivity (Wildman–Crippen MR) is 93.7 cm³/mol. The minimum atomic E-state index is -0.170. The second-order valence-corrected chi connectivity index (χ2v) is 5.49. The van der Waals surface area contributed by atoms with Crippen LogP contribution in [0.3, 0.4) is 0 Å². The molecule has 0 saturated carbocycles. The molecule has 0 unspecified atom stereocenters. The van der Waals surface area contributed by atoms with E-state index in [1.54, 1.807) is 17.1 Å². The topological polar surface area (TPSA) is 97.6 Å². The van der Waals surface area contributed by atoms with Gasteiger partial charge < -0.3 is 10.6 Å². The van der Waals surface area contributed by atoms with Gasteiger partial charge in [0, 0.05) is 19.3 Å². The molecule has 0 fully saturated rings. The van der Waals surface area contributed by atoms with E-state index in [-0.39, 0.29) is 5.91 Å². The third-order valence-corrected chi connectivity index (χ3v) is 3.64. The van der Waals surface area contributed by atoms with Crippen molar-refractivity contribution in [1.29, 1.82) is 0 Å². The zero-order chi connectivity index (χ0) is 17.6. The number of amides is 1. The average Bonchev–Trinajstić information content (AvgIpc) is 3.02. The van der Waals surface area contributed by atoms with Gasteiger partial charge in [-0.1, -0.05) is 6.07 Å². The van der Waals surface area contributed by atoms with Crippen molar-refractivity contribution in [1.82, 2.24) is 30.3 Å². The van der Waals surface area contributed by atoms with E-state index < -0.39 is 0 Å². The van der Waals surface area contributed by atoms with Gasteiger partial charge in [0.1, 0.15) is 5.82 Å². The van der Waals surface area contributed by atoms with Gasteiger partial charge >= 0.3 is 0 Å². The van der Waals surface area contributed by atoms with Gasteiger partial charge in [-0.05, 0) is 38.1 Å². The van der Waals surface area contributed by atoms with Gasteiger partial charge in [-0.2, -0.15) is 10.2 Å². The molecule has 0 aliphatic heterocycles. The summed E-state index contributed by atoms with van der Waals surface area (Å²) in [6.45, 7) is 4.74. The van der Waals surface area contributed by atoms with Crippen LogP contribution in [0.4, 0.5) is 5.82 Å². The molecule has 0 aliphatic carbocycles. The van der Waals surface area contributed by atoms with Gasteiger partial charge in [-0.25, -0.2) is 9.67 Å². The molecule has 3 heterocycles. The van der Waals surface area contributed by atoms with Gasteiger partial charge in [-0.3, -0.25) is 4.79 Å². The molecule has 128 valence electrons. The molecular weight excluding hydrogens is 318 g/mol. The van der Waals surface area contributed by atoms with E-state index >= 15 is 0 Å². The van der Waals surface area contributed by atoms with E-state index in [2.05, 4.69) is 30.9 Å². The third-order valence-electron chi connectivity index (χ3n) is 3.64. The maximum atomic E-state index is 12.3. The highest BCUT2D eigenvalue weighted by Crippen LogP contribution is 2.11. The number of aromatic nitrogens is 5. The lowest BCUT2D eigenvalue weighted by Gasteiger charge is -2.07. The Morgan fingerprint density at radius 3 is 2.72 bits per heavy atom. The van der Waals surface area contributed by atoms with Crippen LogP contribution in [0.1, 0.15) is 21.7 Å². The van der Waals surface area contributed by atoms with E-state index in [9.17, 15) is 4.79 Å². The Morgan fingerprint density at radius 2 is 2.00 bits per heavy atom. The van der Waals surface area contributed by atoms with Crippen LogP contribution in [0.5, 0.6) is 0 Å². The Kier molecular flexibility index (Phi) is 4.98. The molecule has 0 aliphatic rings. The zero-order valence-corrected chi connectivity index (χ0v) is 14.1. The Bertz CT molecular complexity index is 843. The van der Waals surface area contributed by atoms with E-state index in [4.69, 9.17) is 0 Å². The predicted octanol–water partition coefficient (Wildman–Crippen LogP) is 1.52. The molecule has 0 aromatic carbocycles. The van der Waals surface area contributed by atoms with Crippen LogP contribution >= 0.6 is 0 Å². The largest absolute Gasteiger partial charge is 0.367 e. The van der Waals surface area contributed by atoms with Crippen LogP contribution in [0.2, 0.25) is 0 Å². The molecule has 8 nitrogen and oxygen atoms in total. The van der Waals surface area contributed by atoms with Crippen LogP contribution in [-0.4, -0.2) is 44.0 Å². The average molecular weight is 337 g/mol. The van der Waals surface area contributed by atoms with Crippen molar-refractivity contribution < 1.29 is 4.79 Å². The van der Waals surface area contributed by atoms with E-state index in [0.29, 0.717) is 30.3 Å². The molecule has 3 aromatic rings. The second kappa shape index (κ2) is 7.52. The maximum absolute atomic E-state index is 12.3. The second-order valence-electron chi connectivity index (χ2n) is 5.49. The minimum absolute atomic E-state index is 0.170. The number of anilines is 1. The fourth-order valence-electron chi connectivity index (χ4n) is 2.30. The van der Waals surface area contributed by atoms with Crippen LogP contribution in [0.15, 0.2) is 42.7 Å². The van der Waals surface area contributed by atoms with Crippen molar-refractivity contribution in [2.75, 3.05) is 18.4 Å². The number of pyridine rings is 1. The van der Waals surface area contributed by atoms with E-state index in [1.165, 1.54) is 0 Å². The first kappa shape index (κ1) is 16.6. The monoisotopic (exact) mass is 337 g/mol. The zero-order valence-electron chi connectivity index (χ0n) is 14.1. The third kappa shape index (κ3) is 3.97. The lowest BCUT2D eigenvalue weighted by Crippen LogP contribution is -2.29. The lowest BCUT2D eigenvalue weighted by atomic mass is 10.2. The molecule has 1 amide bonds. The van der Waals surface area contributed by atoms with Crippen molar-refractivity contribution in [3.05, 3.63) is 59.7 Å². The SMILES string of the molecule is Cc1ccc(NCCNC(=O)c2cnn(-c3ccccn3)c2C)nn1. The number of carbonyl (C=O) groups excluding carboxylic acids is 1. The van der Waals surface area contributed by atoms with E-state index in [1.807, 2.05) is 44.2 Å². The van der Waals surface area contributed by atoms with Crippen LogP contribution in [0.25, 0.3) is 5.82 Å². The van der Waals surface area contributed by atoms with Crippen LogP contribution < -0.4 is 10.6 Å². The molecule has 0 radical (unpaired) electrons. The normalized spacial score (nSPS) is 10.5. The van der Waals surface area contributed by atoms with Gasteiger partial charge in [0.2, 0.25) is 0 Å². The molecule has 0 atom stereocenters. The summed E-state index contributed by atoms with van der Waals surface area (Å²) in [5.74, 6) is 1.19. The molecule has 25 heavy (non-hydrogen) atoms. The summed E-state index contributed by atoms with van der Waals surface area (Å²) in [5.41, 5.74) is 2.13. The Labute approximate surface area is 145 Å². The number of hydrogen-bond donors (Lipinski definition) is 2. The van der Waals surface area contributed by atoms with Crippen molar-refractivity contribution in [2.45, 2.75) is 13.8 Å². The molecule has 2 N–H and O–H groups in total. The summed E-state index contributed by atoms with van der Waals surface area (Å²) in [5, 5.41) is 18.2. The number of aryl methyl sites for hydroxylation is 1. The number of hydrogen-bond acceptors (Lipinski definition) is 6. The van der Waals surface area contributed by atoms with Gasteiger partial charge in [0.25, 0.3) is 5.91 Å². The summed E-state index contributed by atoms with van der Waals surface area (Å²) < 4.78 is 1.65. The number of rotatable bonds is 6. The minimum Gasteiger partial charge on any atom is -0.367 e. The lowest BCUT2D eigenvalue weighted by molar-refractivity contribution is 0.0954. The van der Waals surface area contributed by atoms with Gasteiger partial charge in [-0.15, -0.1) is 5.10 Å². The molecule has 0 saturated heterocycles. The van der Waals surface area contributed by atoms with Crippen LogP contribution in [0, 0.1) is 13.8 Å². The fraction of sp³-hybridized carbons (Fsp3) is 0.235. The van der Waals surface area contributed by atoms with Crippen molar-refractivity contribution in [2.24, 2.45) is 0 Å². The first-order valence-electron chi connectivity index (χ1n) is 7.93. The molecule has 0 bridgehead atoms. The molecule has 3 aromatic heterocycles. The van der Waals surface area contributed by atoms with Gasteiger partial charge in [0.15, 0.2) is 5.82 Å². The molecule has 0 spiro atoms. The Morgan fingerprint density at radius 1 is 1.12 bits per heavy atom. The quantitative estimate of drug-likeness (QED) is 0.662. The Balaban J connectivity index is 1.55. The standard InChI is InChI=1S/C17H19N7O/c1-12-6-7-15(23-22-12)18-9-10-20-17(25)14-11-21-24(13(14)2)16-5-3-4-8-19-16/h3-8,11H,9-10H2,1-2H3,(H,18,23)(H,20,25). The van der Waals surface area contributed by atoms with Gasteiger partial charge in [0.05, 0.1) is 23.1 Å². The summed E-state index contributed by atoms with van der Waals surface area (Å²) in [4.78, 5) is 16.6. The maximum Gasteiger partial charge on any atom is 0.254 e. The fourth-order valence-corrected chi connectivity index (χ4v) is 2.30. The smallest absolute Gasteiger partial charge is 0.254 e. The highest BCUT2D eigenvalue weighted by Gasteiger charge is 2.15. The molecule has 8 heteroatoms. The van der Waals surface area contributed by atoms with Crippen molar-refractivity contribution in [3.63, 3.8) is 0 Å². The number of carbonyl (C=O) groups is 1. The van der Waals surface area contributed by atoms with Crippen molar-refractivity contribution >= 4 is 11.7 Å². The number of nitrogens with zero attached hydrogens (tertiary/aromatic N) is 5. The molecule has 3 rings (SSSR count). The Hall–Kier alpha value is -3.29. The highest BCUT2D eigenvalue weighted by molar-refractivity contribution is 5.95. The van der Waals surface area contributed by atoms with Crippen LogP contribution in [-0.2, 0) is 0 Å². The number of nitrogens with one attached hydrogen (secondary N) is 2. The summed E-state index contributed by atoms with van der Waals surface area (Å²) in [6, 6.07) is 9.28. The summed E-state index contributed by atoms with van der Waals surface area (Å²) >= 11 is 0. The molecular formula is C17H19N7O. The first-order chi connectivity index (χ1) is 12.1.